The second kappa shape index (κ2) is 10.5. The Morgan fingerprint density at radius 1 is 1.07 bits per heavy atom. The van der Waals surface area contributed by atoms with Crippen LogP contribution in [0, 0.1) is 17.8 Å². The largest absolute Gasteiger partial charge is 0.481 e. The van der Waals surface area contributed by atoms with Crippen LogP contribution < -0.4 is 5.73 Å². The first kappa shape index (κ1) is 28.6. The number of aliphatic carboxylic acids is 1. The smallest absolute Gasteiger partial charge is 0.416 e. The van der Waals surface area contributed by atoms with E-state index in [1.165, 1.54) is 19.1 Å². The summed E-state index contributed by atoms with van der Waals surface area (Å²) in [6.07, 6.45) is 0.880. The van der Waals surface area contributed by atoms with Gasteiger partial charge in [0.15, 0.2) is 0 Å². The topological polar surface area (TPSA) is 114 Å². The molecule has 0 aliphatic heterocycles. The van der Waals surface area contributed by atoms with E-state index >= 15 is 0 Å². The summed E-state index contributed by atoms with van der Waals surface area (Å²) >= 11 is 0. The Labute approximate surface area is 235 Å². The molecule has 10 heteroatoms. The first-order valence-corrected chi connectivity index (χ1v) is 13.6. The molecule has 0 bridgehead atoms. The monoisotopic (exact) mass is 566 g/mol. The highest BCUT2D eigenvalue weighted by Gasteiger charge is 2.39. The lowest BCUT2D eigenvalue weighted by Crippen LogP contribution is -2.33. The molecule has 5 rings (SSSR count). The van der Waals surface area contributed by atoms with Crippen LogP contribution in [0.5, 0.6) is 0 Å². The molecule has 0 amide bonds. The van der Waals surface area contributed by atoms with Gasteiger partial charge in [-0.05, 0) is 61.3 Å². The maximum Gasteiger partial charge on any atom is 0.416 e. The van der Waals surface area contributed by atoms with E-state index in [4.69, 9.17) is 10.7 Å². The number of carboxylic acids is 1. The van der Waals surface area contributed by atoms with E-state index in [1.807, 2.05) is 4.40 Å². The summed E-state index contributed by atoms with van der Waals surface area (Å²) in [5.41, 5.74) is 6.16. The van der Waals surface area contributed by atoms with Gasteiger partial charge in [-0.2, -0.15) is 13.2 Å². The molecule has 0 radical (unpaired) electrons. The standard InChI is InChI=1S/C31H33F3N4O3/c1-17(2)23-12-9-19(15-24(23)29(39)40)28-37-25(26-27(35)36-13-14-38(26)28)18-7-10-20(11-8-18)30(3,41)21-5-4-6-22(16-21)31(32,33)34/h4-8,10-11,13-14,16-17,19,23-24,41H,9,12,15H2,1-3H3,(H2,35,36)(H,39,40)/t19-,23-,24-,30?/m1/s1. The van der Waals surface area contributed by atoms with Crippen molar-refractivity contribution < 1.29 is 28.2 Å². The molecule has 1 unspecified atom stereocenters. The lowest BCUT2D eigenvalue weighted by molar-refractivity contribution is -0.146. The van der Waals surface area contributed by atoms with Crippen molar-refractivity contribution in [2.75, 3.05) is 5.73 Å². The number of hydrogen-bond donors (Lipinski definition) is 3. The number of alkyl halides is 3. The lowest BCUT2D eigenvalue weighted by atomic mass is 9.69. The summed E-state index contributed by atoms with van der Waals surface area (Å²) in [5.74, 6) is -0.00532. The fourth-order valence-electron chi connectivity index (χ4n) is 6.20. The first-order valence-electron chi connectivity index (χ1n) is 13.6. The fraction of sp³-hybridized carbons (Fsp3) is 0.387. The van der Waals surface area contributed by atoms with Gasteiger partial charge in [0.25, 0.3) is 0 Å². The minimum atomic E-state index is -4.53. The quantitative estimate of drug-likeness (QED) is 0.246. The van der Waals surface area contributed by atoms with E-state index in [9.17, 15) is 28.2 Å². The number of benzene rings is 2. The van der Waals surface area contributed by atoms with Gasteiger partial charge in [0.05, 0.1) is 11.5 Å². The lowest BCUT2D eigenvalue weighted by Gasteiger charge is -2.35. The van der Waals surface area contributed by atoms with Crippen molar-refractivity contribution in [2.24, 2.45) is 17.8 Å². The predicted octanol–water partition coefficient (Wildman–Crippen LogP) is 6.49. The average Bonchev–Trinajstić information content (AvgIpc) is 3.33. The summed E-state index contributed by atoms with van der Waals surface area (Å²) in [7, 11) is 0. The molecule has 2 aromatic heterocycles. The zero-order valence-corrected chi connectivity index (χ0v) is 23.1. The third-order valence-electron chi connectivity index (χ3n) is 8.53. The van der Waals surface area contributed by atoms with E-state index < -0.39 is 29.2 Å². The Bertz CT molecular complexity index is 1580. The molecule has 216 valence electrons. The number of nitrogens with zero attached hydrogens (tertiary/aromatic N) is 3. The van der Waals surface area contributed by atoms with Crippen molar-refractivity contribution in [3.63, 3.8) is 0 Å². The third kappa shape index (κ3) is 5.28. The number of aliphatic hydroxyl groups is 1. The third-order valence-corrected chi connectivity index (χ3v) is 8.53. The number of halogens is 3. The Morgan fingerprint density at radius 3 is 2.39 bits per heavy atom. The van der Waals surface area contributed by atoms with Gasteiger partial charge in [0.2, 0.25) is 0 Å². The Kier molecular flexibility index (Phi) is 7.31. The normalized spacial score (nSPS) is 21.2. The van der Waals surface area contributed by atoms with Crippen LogP contribution in [0.15, 0.2) is 60.9 Å². The van der Waals surface area contributed by atoms with Crippen LogP contribution in [0.2, 0.25) is 0 Å². The minimum Gasteiger partial charge on any atom is -0.481 e. The van der Waals surface area contributed by atoms with Crippen molar-refractivity contribution in [3.05, 3.63) is 83.4 Å². The molecule has 0 saturated heterocycles. The molecule has 0 spiro atoms. The maximum absolute atomic E-state index is 13.3. The van der Waals surface area contributed by atoms with Crippen LogP contribution >= 0.6 is 0 Å². The van der Waals surface area contributed by atoms with Crippen molar-refractivity contribution >= 4 is 17.3 Å². The molecule has 4 aromatic rings. The summed E-state index contributed by atoms with van der Waals surface area (Å²) < 4.78 is 41.7. The van der Waals surface area contributed by atoms with E-state index in [-0.39, 0.29) is 29.1 Å². The number of nitrogen functional groups attached to an aromatic ring is 1. The number of carboxylic acid groups (broad SMARTS) is 1. The van der Waals surface area contributed by atoms with Gasteiger partial charge < -0.3 is 15.9 Å². The van der Waals surface area contributed by atoms with Crippen LogP contribution in [0.4, 0.5) is 19.0 Å². The zero-order chi connectivity index (χ0) is 29.7. The molecule has 2 heterocycles. The Morgan fingerprint density at radius 2 is 1.76 bits per heavy atom. The van der Waals surface area contributed by atoms with Crippen molar-refractivity contribution in [1.29, 1.82) is 0 Å². The first-order chi connectivity index (χ1) is 19.3. The summed E-state index contributed by atoms with van der Waals surface area (Å²) in [4.78, 5) is 21.3. The molecular formula is C31H33F3N4O3. The number of fused-ring (bicyclic) bond motifs is 1. The SMILES string of the molecule is CC(C)[C@H]1CC[C@@H](c2nc(-c3ccc(C(C)(O)c4cccc(C(F)(F)F)c4)cc3)c3c(N)nccn23)C[C@H]1C(=O)O. The molecule has 4 atom stereocenters. The Balaban J connectivity index is 1.51. The van der Waals surface area contributed by atoms with Crippen LogP contribution in [-0.2, 0) is 16.6 Å². The second-order valence-corrected chi connectivity index (χ2v) is 11.4. The molecule has 41 heavy (non-hydrogen) atoms. The van der Waals surface area contributed by atoms with Gasteiger partial charge in [-0.25, -0.2) is 9.97 Å². The summed E-state index contributed by atoms with van der Waals surface area (Å²) in [6.45, 7) is 5.57. The number of aromatic nitrogens is 3. The van der Waals surface area contributed by atoms with Crippen LogP contribution in [0.3, 0.4) is 0 Å². The van der Waals surface area contributed by atoms with Crippen molar-refractivity contribution in [1.82, 2.24) is 14.4 Å². The fourth-order valence-corrected chi connectivity index (χ4v) is 6.20. The molecule has 1 aliphatic rings. The molecule has 1 saturated carbocycles. The molecule has 2 aromatic carbocycles. The molecule has 1 aliphatic carbocycles. The van der Waals surface area contributed by atoms with Gasteiger partial charge >= 0.3 is 12.1 Å². The van der Waals surface area contributed by atoms with Crippen molar-refractivity contribution in [2.45, 2.75) is 57.7 Å². The van der Waals surface area contributed by atoms with E-state index in [1.54, 1.807) is 36.7 Å². The van der Waals surface area contributed by atoms with Gasteiger partial charge in [-0.1, -0.05) is 50.2 Å². The Hall–Kier alpha value is -3.92. The summed E-state index contributed by atoms with van der Waals surface area (Å²) in [6, 6.07) is 11.5. The maximum atomic E-state index is 13.3. The van der Waals surface area contributed by atoms with Crippen LogP contribution in [0.25, 0.3) is 16.8 Å². The molecular weight excluding hydrogens is 533 g/mol. The van der Waals surface area contributed by atoms with Crippen molar-refractivity contribution in [3.8, 4) is 11.3 Å². The number of rotatable bonds is 6. The minimum absolute atomic E-state index is 0.0879. The van der Waals surface area contributed by atoms with Gasteiger partial charge in [-0.15, -0.1) is 0 Å². The average molecular weight is 567 g/mol. The van der Waals surface area contributed by atoms with Crippen LogP contribution in [-0.4, -0.2) is 30.6 Å². The zero-order valence-electron chi connectivity index (χ0n) is 23.1. The number of anilines is 1. The van der Waals surface area contributed by atoms with Gasteiger partial charge in [0, 0.05) is 23.9 Å². The number of imidazole rings is 1. The number of carbonyl (C=O) groups is 1. The van der Waals surface area contributed by atoms with Gasteiger partial charge in [-0.3, -0.25) is 9.20 Å². The molecule has 1 fully saturated rings. The van der Waals surface area contributed by atoms with Gasteiger partial charge in [0.1, 0.15) is 28.5 Å². The highest BCUT2D eigenvalue weighted by atomic mass is 19.4. The van der Waals surface area contributed by atoms with E-state index in [2.05, 4.69) is 18.8 Å². The highest BCUT2D eigenvalue weighted by molar-refractivity contribution is 5.85. The summed E-state index contributed by atoms with van der Waals surface area (Å²) in [5, 5.41) is 21.2. The highest BCUT2D eigenvalue weighted by Crippen LogP contribution is 2.44. The predicted molar refractivity (Wildman–Crippen MR) is 149 cm³/mol. The number of hydrogen-bond acceptors (Lipinski definition) is 5. The molecule has 4 N–H and O–H groups in total. The van der Waals surface area contributed by atoms with Crippen LogP contribution in [0.1, 0.15) is 68.5 Å². The second-order valence-electron chi connectivity index (χ2n) is 11.4. The number of nitrogens with two attached hydrogens (primary N) is 1. The van der Waals surface area contributed by atoms with E-state index in [0.29, 0.717) is 28.8 Å². The molecule has 7 nitrogen and oxygen atoms in total. The van der Waals surface area contributed by atoms with E-state index in [0.717, 1.165) is 30.8 Å².